The number of halogens is 2. The van der Waals surface area contributed by atoms with Crippen molar-refractivity contribution >= 4 is 46.9 Å². The molecule has 3 amide bonds. The van der Waals surface area contributed by atoms with Gasteiger partial charge in [-0.2, -0.15) is 0 Å². The van der Waals surface area contributed by atoms with E-state index < -0.39 is 29.9 Å². The molecule has 1 aliphatic heterocycles. The molecule has 2 fully saturated rings. The Morgan fingerprint density at radius 2 is 1.59 bits per heavy atom. The first-order chi connectivity index (χ1) is 19.6. The normalized spacial score (nSPS) is 17.6. The van der Waals surface area contributed by atoms with E-state index in [2.05, 4.69) is 5.32 Å². The molecule has 2 atom stereocenters. The van der Waals surface area contributed by atoms with Crippen LogP contribution in [0.2, 0.25) is 10.0 Å². The van der Waals surface area contributed by atoms with E-state index in [-0.39, 0.29) is 30.7 Å². The van der Waals surface area contributed by atoms with Crippen LogP contribution in [0.4, 0.5) is 0 Å². The first-order valence-electron chi connectivity index (χ1n) is 14.1. The van der Waals surface area contributed by atoms with Crippen molar-refractivity contribution in [2.75, 3.05) is 20.1 Å². The molecule has 8 nitrogen and oxygen atoms in total. The minimum Gasteiger partial charge on any atom is -0.480 e. The van der Waals surface area contributed by atoms with Gasteiger partial charge in [0.2, 0.25) is 11.8 Å². The number of aliphatic carboxylic acids is 1. The largest absolute Gasteiger partial charge is 0.480 e. The number of rotatable bonds is 10. The fourth-order valence-electron chi connectivity index (χ4n) is 6.08. The molecule has 1 saturated heterocycles. The maximum absolute atomic E-state index is 13.7. The number of hydrogen-bond donors (Lipinski definition) is 2. The number of piperidine rings is 1. The lowest BCUT2D eigenvalue weighted by Gasteiger charge is -2.40. The molecule has 220 valence electrons. The predicted molar refractivity (Wildman–Crippen MR) is 158 cm³/mol. The third-order valence-electron chi connectivity index (χ3n) is 8.59. The molecule has 2 aromatic carbocycles. The number of nitrogens with zero attached hydrogens (tertiary/aromatic N) is 2. The lowest BCUT2D eigenvalue weighted by Crippen LogP contribution is -2.52. The van der Waals surface area contributed by atoms with Crippen LogP contribution in [0.15, 0.2) is 48.5 Å². The molecule has 2 N–H and O–H groups in total. The topological polar surface area (TPSA) is 107 Å². The molecular weight excluding hydrogens is 565 g/mol. The smallest absolute Gasteiger partial charge is 0.326 e. The summed E-state index contributed by atoms with van der Waals surface area (Å²) in [5, 5.41) is 13.2. The molecule has 2 aliphatic rings. The number of amides is 3. The lowest BCUT2D eigenvalue weighted by molar-refractivity contribution is -0.149. The molecule has 1 aliphatic carbocycles. The Morgan fingerprint density at radius 3 is 2.17 bits per heavy atom. The molecule has 0 radical (unpaired) electrons. The van der Waals surface area contributed by atoms with Gasteiger partial charge in [0.05, 0.1) is 0 Å². The first-order valence-corrected chi connectivity index (χ1v) is 14.9. The second kappa shape index (κ2) is 13.7. The van der Waals surface area contributed by atoms with Gasteiger partial charge in [0.1, 0.15) is 12.1 Å². The predicted octanol–water partition coefficient (Wildman–Crippen LogP) is 5.21. The van der Waals surface area contributed by atoms with Gasteiger partial charge >= 0.3 is 5.97 Å². The average molecular weight is 603 g/mol. The number of benzene rings is 2. The molecule has 4 rings (SSSR count). The highest BCUT2D eigenvalue weighted by molar-refractivity contribution is 6.35. The zero-order chi connectivity index (χ0) is 29.6. The van der Waals surface area contributed by atoms with Crippen molar-refractivity contribution in [2.45, 2.75) is 69.9 Å². The van der Waals surface area contributed by atoms with Crippen LogP contribution in [0.5, 0.6) is 0 Å². The van der Waals surface area contributed by atoms with Gasteiger partial charge in [0, 0.05) is 48.6 Å². The van der Waals surface area contributed by atoms with Gasteiger partial charge in [0.15, 0.2) is 0 Å². The number of carbonyl (C=O) groups excluding carboxylic acids is 3. The summed E-state index contributed by atoms with van der Waals surface area (Å²) in [6.07, 6.45) is 6.79. The lowest BCUT2D eigenvalue weighted by atomic mass is 9.77. The van der Waals surface area contributed by atoms with E-state index >= 15 is 0 Å². The summed E-state index contributed by atoms with van der Waals surface area (Å²) < 4.78 is 0. The van der Waals surface area contributed by atoms with Gasteiger partial charge in [-0.1, -0.05) is 66.4 Å². The molecule has 0 aromatic heterocycles. The number of carboxylic acids is 1. The molecule has 1 saturated carbocycles. The third-order valence-corrected chi connectivity index (χ3v) is 9.03. The molecule has 1 heterocycles. The molecule has 0 bridgehead atoms. The highest BCUT2D eigenvalue weighted by atomic mass is 35.5. The van der Waals surface area contributed by atoms with Crippen molar-refractivity contribution in [1.29, 1.82) is 0 Å². The van der Waals surface area contributed by atoms with Crippen molar-refractivity contribution < 1.29 is 24.3 Å². The summed E-state index contributed by atoms with van der Waals surface area (Å²) in [7, 11) is 1.46. The Labute approximate surface area is 251 Å². The number of nitrogens with one attached hydrogen (secondary N) is 1. The van der Waals surface area contributed by atoms with E-state index in [1.54, 1.807) is 4.90 Å². The second-order valence-electron chi connectivity index (χ2n) is 11.3. The third kappa shape index (κ3) is 8.01. The van der Waals surface area contributed by atoms with Crippen LogP contribution in [-0.4, -0.2) is 70.8 Å². The van der Waals surface area contributed by atoms with Gasteiger partial charge in [-0.3, -0.25) is 14.4 Å². The Balaban J connectivity index is 1.46. The van der Waals surface area contributed by atoms with Crippen LogP contribution < -0.4 is 5.32 Å². The zero-order valence-corrected chi connectivity index (χ0v) is 24.8. The summed E-state index contributed by atoms with van der Waals surface area (Å²) in [5.74, 6) is -2.30. The minimum atomic E-state index is -1.11. The van der Waals surface area contributed by atoms with Crippen molar-refractivity contribution in [2.24, 2.45) is 5.41 Å². The SMILES string of the molecule is CN(C(=O)CCC(NC(=O)c1cc(Cl)cc(Cl)c1)C(=O)N1CCC2(CCCC2)CC1)[C@H](Cc1ccccc1)C(=O)O. The zero-order valence-electron chi connectivity index (χ0n) is 23.3. The fraction of sp³-hybridized carbons (Fsp3) is 0.484. The van der Waals surface area contributed by atoms with Gasteiger partial charge in [-0.25, -0.2) is 4.79 Å². The van der Waals surface area contributed by atoms with E-state index in [0.29, 0.717) is 28.5 Å². The summed E-state index contributed by atoms with van der Waals surface area (Å²) in [5.41, 5.74) is 1.32. The summed E-state index contributed by atoms with van der Waals surface area (Å²) in [6, 6.07) is 11.5. The summed E-state index contributed by atoms with van der Waals surface area (Å²) in [4.78, 5) is 55.1. The van der Waals surface area contributed by atoms with Gasteiger partial charge in [-0.15, -0.1) is 0 Å². The Hall–Kier alpha value is -3.10. The van der Waals surface area contributed by atoms with Crippen molar-refractivity contribution in [1.82, 2.24) is 15.1 Å². The highest BCUT2D eigenvalue weighted by Gasteiger charge is 2.39. The minimum absolute atomic E-state index is 0.0291. The summed E-state index contributed by atoms with van der Waals surface area (Å²) in [6.45, 7) is 1.22. The summed E-state index contributed by atoms with van der Waals surface area (Å²) >= 11 is 12.2. The van der Waals surface area contributed by atoms with Crippen molar-refractivity contribution in [3.63, 3.8) is 0 Å². The number of carboxylic acid groups (broad SMARTS) is 1. The Bertz CT molecular complexity index is 1240. The monoisotopic (exact) mass is 601 g/mol. The quantitative estimate of drug-likeness (QED) is 0.389. The number of hydrogen-bond acceptors (Lipinski definition) is 4. The van der Waals surface area contributed by atoms with Crippen LogP contribution in [-0.2, 0) is 20.8 Å². The van der Waals surface area contributed by atoms with Crippen molar-refractivity contribution in [3.05, 3.63) is 69.7 Å². The molecular formula is C31H37Cl2N3O5. The van der Waals surface area contributed by atoms with Crippen LogP contribution in [0.3, 0.4) is 0 Å². The molecule has 1 spiro atoms. The molecule has 41 heavy (non-hydrogen) atoms. The maximum atomic E-state index is 13.7. The number of likely N-dealkylation sites (N-methyl/N-ethyl adjacent to an activating group) is 1. The van der Waals surface area contributed by atoms with Gasteiger partial charge in [0.25, 0.3) is 5.91 Å². The Kier molecular flexibility index (Phi) is 10.3. The maximum Gasteiger partial charge on any atom is 0.326 e. The standard InChI is InChI=1S/C31H37Cl2N3O5/c1-35(26(30(40)41)17-21-7-3-2-4-8-21)27(37)10-9-25(34-28(38)22-18-23(32)20-24(33)19-22)29(39)36-15-13-31(14-16-36)11-5-6-12-31/h2-4,7-8,18-20,25-26H,5-6,9-17H2,1H3,(H,34,38)(H,40,41)/t25?,26-/m1/s1. The second-order valence-corrected chi connectivity index (χ2v) is 12.2. The van der Waals surface area contributed by atoms with E-state index in [1.807, 2.05) is 30.3 Å². The molecule has 2 aromatic rings. The highest BCUT2D eigenvalue weighted by Crippen LogP contribution is 2.46. The van der Waals surface area contributed by atoms with Crippen LogP contribution in [0.1, 0.15) is 67.3 Å². The van der Waals surface area contributed by atoms with Crippen molar-refractivity contribution in [3.8, 4) is 0 Å². The fourth-order valence-corrected chi connectivity index (χ4v) is 6.60. The van der Waals surface area contributed by atoms with E-state index in [9.17, 15) is 24.3 Å². The van der Waals surface area contributed by atoms with Crippen LogP contribution >= 0.6 is 23.2 Å². The van der Waals surface area contributed by atoms with Gasteiger partial charge in [-0.05, 0) is 61.3 Å². The first kappa shape index (κ1) is 30.8. The molecule has 10 heteroatoms. The number of carbonyl (C=O) groups is 4. The van der Waals surface area contributed by atoms with Gasteiger partial charge < -0.3 is 20.2 Å². The van der Waals surface area contributed by atoms with E-state index in [0.717, 1.165) is 18.4 Å². The van der Waals surface area contributed by atoms with E-state index in [1.165, 1.54) is 55.8 Å². The van der Waals surface area contributed by atoms with Crippen LogP contribution in [0, 0.1) is 5.41 Å². The average Bonchev–Trinajstić information content (AvgIpc) is 3.40. The number of likely N-dealkylation sites (tertiary alicyclic amines) is 1. The molecule has 1 unspecified atom stereocenters. The Morgan fingerprint density at radius 1 is 0.976 bits per heavy atom. The van der Waals surface area contributed by atoms with E-state index in [4.69, 9.17) is 23.2 Å². The van der Waals surface area contributed by atoms with Crippen LogP contribution in [0.25, 0.3) is 0 Å².